The molecule has 1 aliphatic carbocycles. The van der Waals surface area contributed by atoms with Crippen LogP contribution in [0.1, 0.15) is 61.7 Å². The fourth-order valence-corrected chi connectivity index (χ4v) is 4.40. The van der Waals surface area contributed by atoms with Crippen LogP contribution in [0.2, 0.25) is 0 Å². The van der Waals surface area contributed by atoms with Crippen LogP contribution in [0.4, 0.5) is 0 Å². The van der Waals surface area contributed by atoms with Crippen molar-refractivity contribution in [2.24, 2.45) is 5.73 Å². The smallest absolute Gasteiger partial charge is 0.234 e. The Kier molecular flexibility index (Phi) is 3.43. The summed E-state index contributed by atoms with van der Waals surface area (Å²) in [6, 6.07) is 0. The van der Waals surface area contributed by atoms with E-state index in [1.54, 1.807) is 11.3 Å². The van der Waals surface area contributed by atoms with E-state index in [1.807, 2.05) is 4.52 Å². The number of ether oxygens (including phenoxy) is 1. The lowest BCUT2D eigenvalue weighted by molar-refractivity contribution is 0.193. The largest absolute Gasteiger partial charge is 0.381 e. The van der Waals surface area contributed by atoms with Crippen LogP contribution in [0.5, 0.6) is 0 Å². The maximum Gasteiger partial charge on any atom is 0.234 e. The molecule has 2 aromatic rings. The van der Waals surface area contributed by atoms with Gasteiger partial charge in [-0.25, -0.2) is 0 Å². The first-order valence-corrected chi connectivity index (χ1v) is 8.67. The van der Waals surface area contributed by atoms with Crippen LogP contribution in [0.15, 0.2) is 0 Å². The fraction of sp³-hybridized carbons (Fsp3) is 0.786. The molecule has 1 aliphatic heterocycles. The number of nitrogens with zero attached hydrogens (tertiary/aromatic N) is 4. The molecule has 7 heteroatoms. The predicted molar refractivity (Wildman–Crippen MR) is 80.4 cm³/mol. The van der Waals surface area contributed by atoms with E-state index in [1.165, 1.54) is 25.7 Å². The Hall–Kier alpha value is -1.05. The molecule has 1 atom stereocenters. The highest BCUT2D eigenvalue weighted by Crippen LogP contribution is 2.36. The Balaban J connectivity index is 1.70. The lowest BCUT2D eigenvalue weighted by atomic mass is 9.92. The summed E-state index contributed by atoms with van der Waals surface area (Å²) in [7, 11) is 0. The Labute approximate surface area is 127 Å². The number of aromatic nitrogens is 4. The van der Waals surface area contributed by atoms with E-state index < -0.39 is 0 Å². The Morgan fingerprint density at radius 2 is 2.00 bits per heavy atom. The average Bonchev–Trinajstić information content (AvgIpc) is 3.15. The van der Waals surface area contributed by atoms with Crippen LogP contribution >= 0.6 is 11.3 Å². The van der Waals surface area contributed by atoms with Crippen molar-refractivity contribution in [1.82, 2.24) is 19.8 Å². The third kappa shape index (κ3) is 2.37. The predicted octanol–water partition coefficient (Wildman–Crippen LogP) is 2.20. The summed E-state index contributed by atoms with van der Waals surface area (Å²) in [6.07, 6.45) is 8.01. The Morgan fingerprint density at radius 3 is 2.71 bits per heavy atom. The monoisotopic (exact) mass is 307 g/mol. The number of fused-ring (bicyclic) bond motifs is 1. The van der Waals surface area contributed by atoms with E-state index in [0.29, 0.717) is 5.92 Å². The molecule has 1 saturated heterocycles. The summed E-state index contributed by atoms with van der Waals surface area (Å²) in [6.45, 7) is 1.53. The van der Waals surface area contributed by atoms with E-state index in [2.05, 4.69) is 10.2 Å². The fourth-order valence-electron chi connectivity index (χ4n) is 3.40. The van der Waals surface area contributed by atoms with Crippen molar-refractivity contribution in [3.05, 3.63) is 10.8 Å². The van der Waals surface area contributed by atoms with Crippen LogP contribution in [0.3, 0.4) is 0 Å². The highest BCUT2D eigenvalue weighted by atomic mass is 32.1. The summed E-state index contributed by atoms with van der Waals surface area (Å²) >= 11 is 1.60. The van der Waals surface area contributed by atoms with E-state index >= 15 is 0 Å². The Bertz CT molecular complexity index is 622. The molecule has 114 valence electrons. The number of rotatable bonds is 2. The normalized spacial score (nSPS) is 26.2. The van der Waals surface area contributed by atoms with Crippen molar-refractivity contribution in [2.75, 3.05) is 13.2 Å². The second-order valence-corrected chi connectivity index (χ2v) is 7.25. The van der Waals surface area contributed by atoms with Crippen molar-refractivity contribution in [1.29, 1.82) is 0 Å². The van der Waals surface area contributed by atoms with Gasteiger partial charge in [0.1, 0.15) is 5.01 Å². The zero-order valence-corrected chi connectivity index (χ0v) is 12.9. The van der Waals surface area contributed by atoms with Gasteiger partial charge in [-0.05, 0) is 19.3 Å². The molecule has 2 aliphatic rings. The number of nitrogens with two attached hydrogens (primary N) is 1. The van der Waals surface area contributed by atoms with Gasteiger partial charge in [-0.3, -0.25) is 0 Å². The van der Waals surface area contributed by atoms with Crippen LogP contribution in [-0.4, -0.2) is 33.0 Å². The third-order valence-corrected chi connectivity index (χ3v) is 5.85. The lowest BCUT2D eigenvalue weighted by Crippen LogP contribution is -2.36. The van der Waals surface area contributed by atoms with Crippen LogP contribution in [0, 0.1) is 0 Å². The molecule has 1 saturated carbocycles. The molecule has 1 unspecified atom stereocenters. The molecule has 0 spiro atoms. The van der Waals surface area contributed by atoms with Gasteiger partial charge >= 0.3 is 0 Å². The molecular weight excluding hydrogens is 286 g/mol. The van der Waals surface area contributed by atoms with Crippen LogP contribution in [0.25, 0.3) is 4.96 Å². The zero-order valence-electron chi connectivity index (χ0n) is 12.1. The minimum atomic E-state index is -0.273. The second kappa shape index (κ2) is 5.30. The van der Waals surface area contributed by atoms with Crippen LogP contribution in [-0.2, 0) is 10.3 Å². The zero-order chi connectivity index (χ0) is 14.3. The molecule has 0 bridgehead atoms. The van der Waals surface area contributed by atoms with Crippen molar-refractivity contribution in [3.8, 4) is 0 Å². The van der Waals surface area contributed by atoms with E-state index in [-0.39, 0.29) is 5.54 Å². The Morgan fingerprint density at radius 1 is 1.19 bits per heavy atom. The van der Waals surface area contributed by atoms with Gasteiger partial charge in [0, 0.05) is 12.5 Å². The summed E-state index contributed by atoms with van der Waals surface area (Å²) in [5, 5.41) is 14.4. The lowest BCUT2D eigenvalue weighted by Gasteiger charge is -2.24. The van der Waals surface area contributed by atoms with Crippen LogP contribution < -0.4 is 5.73 Å². The molecule has 2 fully saturated rings. The van der Waals surface area contributed by atoms with Crippen molar-refractivity contribution >= 4 is 16.3 Å². The molecule has 3 heterocycles. The summed E-state index contributed by atoms with van der Waals surface area (Å²) in [4.78, 5) is 0.862. The minimum Gasteiger partial charge on any atom is -0.381 e. The van der Waals surface area contributed by atoms with Gasteiger partial charge in [0.15, 0.2) is 5.82 Å². The van der Waals surface area contributed by atoms with E-state index in [4.69, 9.17) is 15.6 Å². The quantitative estimate of drug-likeness (QED) is 0.861. The standard InChI is InChI=1S/C14H21N5OS/c15-14(6-3-1-2-4-7-14)12-18-19-11(10-5-8-20-9-10)16-17-13(19)21-12/h10H,1-9,15H2. The molecule has 0 radical (unpaired) electrons. The van der Waals surface area contributed by atoms with E-state index in [9.17, 15) is 0 Å². The maximum absolute atomic E-state index is 6.67. The van der Waals surface area contributed by atoms with Gasteiger partial charge in [-0.15, -0.1) is 10.2 Å². The van der Waals surface area contributed by atoms with Gasteiger partial charge in [-0.1, -0.05) is 37.0 Å². The summed E-state index contributed by atoms with van der Waals surface area (Å²) in [5.41, 5.74) is 6.40. The summed E-state index contributed by atoms with van der Waals surface area (Å²) in [5.74, 6) is 1.25. The van der Waals surface area contributed by atoms with Gasteiger partial charge in [0.05, 0.1) is 12.1 Å². The van der Waals surface area contributed by atoms with Gasteiger partial charge in [-0.2, -0.15) is 9.61 Å². The van der Waals surface area contributed by atoms with Gasteiger partial charge in [0.2, 0.25) is 4.96 Å². The van der Waals surface area contributed by atoms with Crippen molar-refractivity contribution < 1.29 is 4.74 Å². The SMILES string of the molecule is NC1(c2nn3c(C4CCOC4)nnc3s2)CCCCCC1. The van der Waals surface area contributed by atoms with Crippen molar-refractivity contribution in [2.45, 2.75) is 56.4 Å². The molecule has 6 nitrogen and oxygen atoms in total. The maximum atomic E-state index is 6.67. The van der Waals surface area contributed by atoms with Gasteiger partial charge in [0.25, 0.3) is 0 Å². The van der Waals surface area contributed by atoms with E-state index in [0.717, 1.165) is 48.3 Å². The first-order valence-electron chi connectivity index (χ1n) is 7.85. The third-order valence-electron chi connectivity index (χ3n) is 4.73. The molecule has 0 aromatic carbocycles. The second-order valence-electron chi connectivity index (χ2n) is 6.29. The first kappa shape index (κ1) is 13.6. The molecular formula is C14H21N5OS. The topological polar surface area (TPSA) is 78.3 Å². The minimum absolute atomic E-state index is 0.273. The van der Waals surface area contributed by atoms with Crippen molar-refractivity contribution in [3.63, 3.8) is 0 Å². The molecule has 2 N–H and O–H groups in total. The molecule has 4 rings (SSSR count). The van der Waals surface area contributed by atoms with Gasteiger partial charge < -0.3 is 10.5 Å². The molecule has 21 heavy (non-hydrogen) atoms. The number of hydrogen-bond donors (Lipinski definition) is 1. The highest BCUT2D eigenvalue weighted by Gasteiger charge is 2.33. The molecule has 0 amide bonds. The first-order chi connectivity index (χ1) is 10.3. The average molecular weight is 307 g/mol. The highest BCUT2D eigenvalue weighted by molar-refractivity contribution is 7.16. The summed E-state index contributed by atoms with van der Waals surface area (Å²) < 4.78 is 7.36. The number of hydrogen-bond acceptors (Lipinski definition) is 6. The molecule has 2 aromatic heterocycles.